The molecule has 0 radical (unpaired) electrons. The fraction of sp³-hybridized carbons (Fsp3) is 0.250. The number of sulfonamides is 1. The van der Waals surface area contributed by atoms with E-state index in [4.69, 9.17) is 4.74 Å². The van der Waals surface area contributed by atoms with E-state index in [1.165, 1.54) is 12.1 Å². The molecular weight excluding hydrogens is 330 g/mol. The minimum absolute atomic E-state index is 0.130. The summed E-state index contributed by atoms with van der Waals surface area (Å²) in [6.45, 7) is 5.50. The maximum atomic E-state index is 12.2. The molecule has 2 aromatic rings. The molecule has 0 aliphatic rings. The van der Waals surface area contributed by atoms with Gasteiger partial charge in [-0.15, -0.1) is 0 Å². The van der Waals surface area contributed by atoms with Crippen LogP contribution < -0.4 is 4.83 Å². The molecule has 0 amide bonds. The summed E-state index contributed by atoms with van der Waals surface area (Å²) in [5.41, 5.74) is 2.25. The molecule has 1 aromatic heterocycles. The zero-order valence-corrected chi connectivity index (χ0v) is 14.5. The Balaban J connectivity index is 2.13. The second kappa shape index (κ2) is 7.31. The van der Waals surface area contributed by atoms with Crippen LogP contribution in [0, 0.1) is 6.92 Å². The van der Waals surface area contributed by atoms with Crippen LogP contribution in [0.3, 0.4) is 0 Å². The number of aromatic amines is 1. The van der Waals surface area contributed by atoms with Crippen LogP contribution in [0.5, 0.6) is 0 Å². The molecule has 0 aliphatic carbocycles. The highest BCUT2D eigenvalue weighted by Gasteiger charge is 2.14. The highest BCUT2D eigenvalue weighted by molar-refractivity contribution is 7.89. The van der Waals surface area contributed by atoms with Gasteiger partial charge in [0.2, 0.25) is 0 Å². The van der Waals surface area contributed by atoms with Crippen molar-refractivity contribution in [2.24, 2.45) is 5.10 Å². The summed E-state index contributed by atoms with van der Waals surface area (Å²) in [5.74, 6) is -0.475. The van der Waals surface area contributed by atoms with Crippen LogP contribution in [0.4, 0.5) is 0 Å². The summed E-state index contributed by atoms with van der Waals surface area (Å²) in [4.78, 5) is 16.7. The molecule has 1 aromatic carbocycles. The minimum Gasteiger partial charge on any atom is -0.461 e. The first-order valence-corrected chi connectivity index (χ1v) is 8.80. The summed E-state index contributed by atoms with van der Waals surface area (Å²) in [5, 5.41) is 3.89. The van der Waals surface area contributed by atoms with E-state index in [0.717, 1.165) is 5.56 Å². The Labute approximate surface area is 140 Å². The van der Waals surface area contributed by atoms with Gasteiger partial charge in [-0.25, -0.2) is 4.79 Å². The van der Waals surface area contributed by atoms with Crippen molar-refractivity contribution < 1.29 is 17.9 Å². The molecule has 0 aliphatic heterocycles. The van der Waals surface area contributed by atoms with Gasteiger partial charge in [-0.3, -0.25) is 0 Å². The monoisotopic (exact) mass is 349 g/mol. The average Bonchev–Trinajstić information content (AvgIpc) is 3.03. The predicted octanol–water partition coefficient (Wildman–Crippen LogP) is 2.20. The Morgan fingerprint density at radius 2 is 1.96 bits per heavy atom. The topological polar surface area (TPSA) is 101 Å². The zero-order chi connectivity index (χ0) is 17.7. The molecule has 0 unspecified atom stereocenters. The van der Waals surface area contributed by atoms with Crippen molar-refractivity contribution in [3.05, 3.63) is 53.3 Å². The number of ether oxygens (including phenoxy) is 1. The Hall–Kier alpha value is -2.61. The number of H-pyrrole nitrogens is 1. The Bertz CT molecular complexity index is 852. The van der Waals surface area contributed by atoms with Crippen molar-refractivity contribution in [1.82, 2.24) is 9.82 Å². The third-order valence-electron chi connectivity index (χ3n) is 3.26. The summed E-state index contributed by atoms with van der Waals surface area (Å²) >= 11 is 0. The number of aryl methyl sites for hydroxylation is 1. The fourth-order valence-electron chi connectivity index (χ4n) is 1.89. The van der Waals surface area contributed by atoms with Crippen molar-refractivity contribution in [1.29, 1.82) is 0 Å². The van der Waals surface area contributed by atoms with E-state index in [2.05, 4.69) is 14.9 Å². The van der Waals surface area contributed by atoms with Crippen LogP contribution in [0.2, 0.25) is 0 Å². The Kier molecular flexibility index (Phi) is 5.40. The second-order valence-corrected chi connectivity index (χ2v) is 6.79. The first-order chi connectivity index (χ1) is 11.3. The lowest BCUT2D eigenvalue weighted by molar-refractivity contribution is 0.0520. The zero-order valence-electron chi connectivity index (χ0n) is 13.7. The number of benzene rings is 1. The van der Waals surface area contributed by atoms with E-state index < -0.39 is 16.0 Å². The maximum Gasteiger partial charge on any atom is 0.354 e. The van der Waals surface area contributed by atoms with Gasteiger partial charge in [-0.05, 0) is 39.0 Å². The molecule has 2 N–H and O–H groups in total. The standard InChI is InChI=1S/C16H19N3O4S/c1-4-23-16(20)15-9-13(10-17-15)12(3)18-19-24(21,22)14-7-5-11(2)6-8-14/h5-10,17,19H,4H2,1-3H3/b18-12+. The lowest BCUT2D eigenvalue weighted by Crippen LogP contribution is -2.19. The molecule has 0 atom stereocenters. The van der Waals surface area contributed by atoms with E-state index >= 15 is 0 Å². The van der Waals surface area contributed by atoms with Crippen LogP contribution in [0.15, 0.2) is 46.5 Å². The molecule has 8 heteroatoms. The lowest BCUT2D eigenvalue weighted by atomic mass is 10.2. The molecule has 0 spiro atoms. The smallest absolute Gasteiger partial charge is 0.354 e. The SMILES string of the molecule is CCOC(=O)c1cc(/C(C)=N/NS(=O)(=O)c2ccc(C)cc2)c[nH]1. The fourth-order valence-corrected chi connectivity index (χ4v) is 2.75. The number of hydrazone groups is 1. The predicted molar refractivity (Wildman–Crippen MR) is 90.5 cm³/mol. The van der Waals surface area contributed by atoms with Crippen LogP contribution in [-0.2, 0) is 14.8 Å². The summed E-state index contributed by atoms with van der Waals surface area (Å²) < 4.78 is 29.2. The average molecular weight is 349 g/mol. The number of nitrogens with one attached hydrogen (secondary N) is 2. The van der Waals surface area contributed by atoms with Gasteiger partial charge in [0.25, 0.3) is 10.0 Å². The second-order valence-electron chi connectivity index (χ2n) is 5.13. The largest absolute Gasteiger partial charge is 0.461 e. The molecule has 24 heavy (non-hydrogen) atoms. The number of aromatic nitrogens is 1. The van der Waals surface area contributed by atoms with Crippen LogP contribution in [0.25, 0.3) is 0 Å². The highest BCUT2D eigenvalue weighted by Crippen LogP contribution is 2.11. The van der Waals surface area contributed by atoms with E-state index in [0.29, 0.717) is 11.3 Å². The normalized spacial score (nSPS) is 12.0. The van der Waals surface area contributed by atoms with Crippen LogP contribution in [-0.4, -0.2) is 31.7 Å². The number of esters is 1. The van der Waals surface area contributed by atoms with Crippen LogP contribution >= 0.6 is 0 Å². The molecule has 0 bridgehead atoms. The quantitative estimate of drug-likeness (QED) is 0.474. The molecule has 0 saturated carbocycles. The van der Waals surface area contributed by atoms with E-state index in [1.54, 1.807) is 38.2 Å². The van der Waals surface area contributed by atoms with Gasteiger partial charge in [0.15, 0.2) is 0 Å². The summed E-state index contributed by atoms with van der Waals surface area (Å²) in [6, 6.07) is 8.00. The number of carbonyl (C=O) groups is 1. The number of nitrogens with zero attached hydrogens (tertiary/aromatic N) is 1. The highest BCUT2D eigenvalue weighted by atomic mass is 32.2. The van der Waals surface area contributed by atoms with Gasteiger partial charge in [0.05, 0.1) is 17.2 Å². The van der Waals surface area contributed by atoms with Crippen molar-refractivity contribution in [3.63, 3.8) is 0 Å². The van der Waals surface area contributed by atoms with E-state index in [9.17, 15) is 13.2 Å². The van der Waals surface area contributed by atoms with Crippen molar-refractivity contribution in [2.45, 2.75) is 25.7 Å². The molecular formula is C16H19N3O4S. The lowest BCUT2D eigenvalue weighted by Gasteiger charge is -2.05. The number of hydrogen-bond donors (Lipinski definition) is 2. The number of rotatable bonds is 6. The molecule has 2 rings (SSSR count). The van der Waals surface area contributed by atoms with Gasteiger partial charge < -0.3 is 9.72 Å². The molecule has 128 valence electrons. The molecule has 7 nitrogen and oxygen atoms in total. The third kappa shape index (κ3) is 4.23. The van der Waals surface area contributed by atoms with Crippen LogP contribution in [0.1, 0.15) is 35.5 Å². The van der Waals surface area contributed by atoms with Gasteiger partial charge in [0.1, 0.15) is 5.69 Å². The van der Waals surface area contributed by atoms with Crippen molar-refractivity contribution >= 4 is 21.7 Å². The third-order valence-corrected chi connectivity index (χ3v) is 4.49. The van der Waals surface area contributed by atoms with Crippen molar-refractivity contribution in [3.8, 4) is 0 Å². The minimum atomic E-state index is -3.74. The maximum absolute atomic E-state index is 12.2. The van der Waals surface area contributed by atoms with E-state index in [-0.39, 0.29) is 17.2 Å². The summed E-state index contributed by atoms with van der Waals surface area (Å²) in [6.07, 6.45) is 1.56. The Morgan fingerprint density at radius 1 is 1.29 bits per heavy atom. The Morgan fingerprint density at radius 3 is 2.58 bits per heavy atom. The van der Waals surface area contributed by atoms with Gasteiger partial charge in [-0.1, -0.05) is 17.7 Å². The van der Waals surface area contributed by atoms with E-state index in [1.807, 2.05) is 6.92 Å². The van der Waals surface area contributed by atoms with Gasteiger partial charge in [0, 0.05) is 11.8 Å². The number of carbonyl (C=O) groups excluding carboxylic acids is 1. The molecule has 0 saturated heterocycles. The first kappa shape index (κ1) is 17.7. The number of hydrogen-bond acceptors (Lipinski definition) is 5. The van der Waals surface area contributed by atoms with Crippen molar-refractivity contribution in [2.75, 3.05) is 6.61 Å². The summed E-state index contributed by atoms with van der Waals surface area (Å²) in [7, 11) is -3.74. The molecule has 0 fully saturated rings. The molecule has 1 heterocycles. The van der Waals surface area contributed by atoms with Gasteiger partial charge >= 0.3 is 5.97 Å². The van der Waals surface area contributed by atoms with Gasteiger partial charge in [-0.2, -0.15) is 18.4 Å². The first-order valence-electron chi connectivity index (χ1n) is 7.32.